The maximum Gasteiger partial charge on any atom is 0.268 e. The number of ketones is 1. The zero-order valence-corrected chi connectivity index (χ0v) is 17.0. The number of aromatic nitrogens is 2. The van der Waals surface area contributed by atoms with Crippen LogP contribution in [0.4, 0.5) is 0 Å². The summed E-state index contributed by atoms with van der Waals surface area (Å²) in [4.78, 5) is 28.2. The summed E-state index contributed by atoms with van der Waals surface area (Å²) >= 11 is 3.38. The summed E-state index contributed by atoms with van der Waals surface area (Å²) in [7, 11) is 0. The van der Waals surface area contributed by atoms with Crippen LogP contribution in [0.15, 0.2) is 45.5 Å². The number of carbonyl (C=O) groups excluding carboxylic acids is 2. The first-order valence-electron chi connectivity index (χ1n) is 8.81. The first-order chi connectivity index (χ1) is 13.4. The summed E-state index contributed by atoms with van der Waals surface area (Å²) in [6.45, 7) is 3.39. The largest absolute Gasteiger partial charge is 0.394 e. The van der Waals surface area contributed by atoms with E-state index >= 15 is 0 Å². The van der Waals surface area contributed by atoms with Crippen LogP contribution in [0.5, 0.6) is 0 Å². The molecule has 0 saturated heterocycles. The lowest BCUT2D eigenvalue weighted by molar-refractivity contribution is 0.0910. The van der Waals surface area contributed by atoms with Crippen molar-refractivity contribution in [2.24, 2.45) is 0 Å². The number of nitrogens with zero attached hydrogens (tertiary/aromatic N) is 1. The Kier molecular flexibility index (Phi) is 6.11. The van der Waals surface area contributed by atoms with E-state index in [0.717, 1.165) is 10.0 Å². The van der Waals surface area contributed by atoms with E-state index in [1.165, 1.54) is 12.3 Å². The zero-order valence-electron chi connectivity index (χ0n) is 15.5. The lowest BCUT2D eigenvalue weighted by atomic mass is 9.99. The van der Waals surface area contributed by atoms with Gasteiger partial charge >= 0.3 is 0 Å². The van der Waals surface area contributed by atoms with Crippen LogP contribution in [-0.2, 0) is 0 Å². The number of aliphatic hydroxyl groups excluding tert-OH is 1. The molecular weight excluding hydrogens is 426 g/mol. The van der Waals surface area contributed by atoms with E-state index in [1.807, 2.05) is 31.2 Å². The number of hydrogen-bond acceptors (Lipinski definition) is 5. The van der Waals surface area contributed by atoms with Crippen molar-refractivity contribution in [3.63, 3.8) is 0 Å². The molecule has 7 nitrogen and oxygen atoms in total. The van der Waals surface area contributed by atoms with E-state index in [2.05, 4.69) is 31.4 Å². The van der Waals surface area contributed by atoms with Gasteiger partial charge in [0.05, 0.1) is 18.2 Å². The molecule has 8 heteroatoms. The number of carbonyl (C=O) groups is 2. The lowest BCUT2D eigenvalue weighted by Crippen LogP contribution is -2.37. The Bertz CT molecular complexity index is 987. The second-order valence-corrected chi connectivity index (χ2v) is 7.28. The molecule has 3 aromatic rings. The fourth-order valence-corrected chi connectivity index (χ4v) is 3.05. The number of benzene rings is 1. The highest BCUT2D eigenvalue weighted by atomic mass is 79.9. The third-order valence-electron chi connectivity index (χ3n) is 4.45. The Balaban J connectivity index is 1.88. The minimum atomic E-state index is -0.380. The van der Waals surface area contributed by atoms with Crippen LogP contribution in [0.3, 0.4) is 0 Å². The van der Waals surface area contributed by atoms with Crippen molar-refractivity contribution in [1.29, 1.82) is 0 Å². The summed E-state index contributed by atoms with van der Waals surface area (Å²) in [5.74, 6) is -0.266. The average molecular weight is 446 g/mol. The van der Waals surface area contributed by atoms with Gasteiger partial charge in [-0.15, -0.1) is 0 Å². The van der Waals surface area contributed by atoms with E-state index in [4.69, 9.17) is 4.52 Å². The fraction of sp³-hybridized carbons (Fsp3) is 0.250. The third-order valence-corrected chi connectivity index (χ3v) is 4.97. The molecule has 0 bridgehead atoms. The van der Waals surface area contributed by atoms with E-state index in [1.54, 1.807) is 6.92 Å². The molecule has 0 aliphatic rings. The van der Waals surface area contributed by atoms with E-state index in [9.17, 15) is 14.7 Å². The molecule has 0 radical (unpaired) electrons. The van der Waals surface area contributed by atoms with Gasteiger partial charge in [-0.1, -0.05) is 40.1 Å². The predicted molar refractivity (Wildman–Crippen MR) is 107 cm³/mol. The van der Waals surface area contributed by atoms with Gasteiger partial charge in [-0.2, -0.15) is 0 Å². The van der Waals surface area contributed by atoms with Crippen molar-refractivity contribution in [1.82, 2.24) is 15.5 Å². The number of halogens is 1. The normalized spacial score (nSPS) is 12.0. The summed E-state index contributed by atoms with van der Waals surface area (Å²) in [5, 5.41) is 16.0. The molecule has 3 N–H and O–H groups in total. The van der Waals surface area contributed by atoms with Crippen LogP contribution >= 0.6 is 15.9 Å². The number of hydrogen-bond donors (Lipinski definition) is 3. The molecule has 2 aromatic heterocycles. The summed E-state index contributed by atoms with van der Waals surface area (Å²) in [6.07, 6.45) is 2.08. The second-order valence-electron chi connectivity index (χ2n) is 6.36. The van der Waals surface area contributed by atoms with Crippen LogP contribution < -0.4 is 5.32 Å². The third kappa shape index (κ3) is 4.07. The fourth-order valence-electron chi connectivity index (χ4n) is 2.79. The Morgan fingerprint density at radius 2 is 2.04 bits per heavy atom. The quantitative estimate of drug-likeness (QED) is 0.482. The van der Waals surface area contributed by atoms with Gasteiger partial charge in [-0.3, -0.25) is 9.59 Å². The first-order valence-corrected chi connectivity index (χ1v) is 9.61. The number of rotatable bonds is 7. The molecule has 28 heavy (non-hydrogen) atoms. The number of aryl methyl sites for hydroxylation is 1. The standard InChI is InChI=1S/C20H20BrN3O4/c1-3-15(10-25)23-20(27)16-8-13(9-22-16)19(26)17-11(2)28-24-18(17)12-4-6-14(21)7-5-12/h4-9,15,22,25H,3,10H2,1-2H3,(H,23,27). The maximum absolute atomic E-state index is 13.1. The van der Waals surface area contributed by atoms with Crippen LogP contribution in [0.1, 0.15) is 45.5 Å². The van der Waals surface area contributed by atoms with Crippen molar-refractivity contribution >= 4 is 27.6 Å². The summed E-state index contributed by atoms with van der Waals surface area (Å²) in [5.41, 5.74) is 2.13. The van der Waals surface area contributed by atoms with Crippen LogP contribution in [0, 0.1) is 6.92 Å². The smallest absolute Gasteiger partial charge is 0.268 e. The van der Waals surface area contributed by atoms with Crippen LogP contribution in [0.2, 0.25) is 0 Å². The van der Waals surface area contributed by atoms with Gasteiger partial charge in [0.25, 0.3) is 5.91 Å². The Morgan fingerprint density at radius 1 is 1.32 bits per heavy atom. The minimum Gasteiger partial charge on any atom is -0.394 e. The molecular formula is C20H20BrN3O4. The van der Waals surface area contributed by atoms with Gasteiger partial charge in [-0.05, 0) is 31.5 Å². The van der Waals surface area contributed by atoms with Crippen LogP contribution in [-0.4, -0.2) is 39.6 Å². The number of aliphatic hydroxyl groups is 1. The molecule has 1 unspecified atom stereocenters. The summed E-state index contributed by atoms with van der Waals surface area (Å²) in [6, 6.07) is 8.55. The highest BCUT2D eigenvalue weighted by Gasteiger charge is 2.24. The van der Waals surface area contributed by atoms with Gasteiger partial charge in [-0.25, -0.2) is 0 Å². The molecule has 0 aliphatic heterocycles. The monoisotopic (exact) mass is 445 g/mol. The highest BCUT2D eigenvalue weighted by Crippen LogP contribution is 2.28. The Labute approximate surface area is 170 Å². The van der Waals surface area contributed by atoms with Crippen molar-refractivity contribution in [3.8, 4) is 11.3 Å². The van der Waals surface area contributed by atoms with Gasteiger partial charge in [0, 0.05) is 21.8 Å². The van der Waals surface area contributed by atoms with E-state index in [-0.39, 0.29) is 30.0 Å². The number of amides is 1. The first kappa shape index (κ1) is 20.0. The van der Waals surface area contributed by atoms with Crippen molar-refractivity contribution in [2.75, 3.05) is 6.61 Å². The maximum atomic E-state index is 13.1. The number of nitrogens with one attached hydrogen (secondary N) is 2. The van der Waals surface area contributed by atoms with Gasteiger partial charge in [0.15, 0.2) is 5.78 Å². The molecule has 2 heterocycles. The molecule has 1 aromatic carbocycles. The van der Waals surface area contributed by atoms with E-state index in [0.29, 0.717) is 29.0 Å². The van der Waals surface area contributed by atoms with Crippen molar-refractivity contribution < 1.29 is 19.2 Å². The van der Waals surface area contributed by atoms with Crippen molar-refractivity contribution in [3.05, 3.63) is 63.6 Å². The van der Waals surface area contributed by atoms with Gasteiger partial charge < -0.3 is 19.9 Å². The highest BCUT2D eigenvalue weighted by molar-refractivity contribution is 9.10. The van der Waals surface area contributed by atoms with Crippen molar-refractivity contribution in [2.45, 2.75) is 26.3 Å². The van der Waals surface area contributed by atoms with Gasteiger partial charge in [0.1, 0.15) is 17.1 Å². The minimum absolute atomic E-state index is 0.148. The Morgan fingerprint density at radius 3 is 2.68 bits per heavy atom. The van der Waals surface area contributed by atoms with Gasteiger partial charge in [0.2, 0.25) is 0 Å². The lowest BCUT2D eigenvalue weighted by Gasteiger charge is -2.12. The molecule has 0 fully saturated rings. The molecule has 0 spiro atoms. The Hall–Kier alpha value is -2.71. The second kappa shape index (κ2) is 8.53. The van der Waals surface area contributed by atoms with E-state index < -0.39 is 0 Å². The average Bonchev–Trinajstić information content (AvgIpc) is 3.33. The molecule has 146 valence electrons. The molecule has 0 saturated carbocycles. The molecule has 0 aliphatic carbocycles. The molecule has 1 atom stereocenters. The summed E-state index contributed by atoms with van der Waals surface area (Å²) < 4.78 is 6.17. The molecule has 3 rings (SSSR count). The number of H-pyrrole nitrogens is 1. The predicted octanol–water partition coefficient (Wildman–Crippen LogP) is 3.47. The SMILES string of the molecule is CCC(CO)NC(=O)c1cc(C(=O)c2c(-c3ccc(Br)cc3)noc2C)c[nH]1. The molecule has 1 amide bonds. The van der Waals surface area contributed by atoms with Crippen LogP contribution in [0.25, 0.3) is 11.3 Å². The number of aromatic amines is 1. The zero-order chi connectivity index (χ0) is 20.3. The topological polar surface area (TPSA) is 108 Å².